The van der Waals surface area contributed by atoms with Crippen molar-refractivity contribution in [3.8, 4) is 0 Å². The highest BCUT2D eigenvalue weighted by atomic mass is 35.5. The standard InChI is InChI=1S/C14H16ClN3O3S3/c1-8-12(13(19)18(2)3)23-14(16-8)17-24(20,21)11-7-9(15)5-6-10(11)22-4/h5-7H,1-4H3,(H,16,17). The molecule has 1 aromatic heterocycles. The van der Waals surface area contributed by atoms with Gasteiger partial charge in [0.05, 0.1) is 5.69 Å². The van der Waals surface area contributed by atoms with E-state index < -0.39 is 10.0 Å². The number of thiazole rings is 1. The Bertz CT molecular complexity index is 879. The van der Waals surface area contributed by atoms with Gasteiger partial charge in [-0.1, -0.05) is 22.9 Å². The van der Waals surface area contributed by atoms with Crippen LogP contribution in [0.25, 0.3) is 0 Å². The number of hydrogen-bond donors (Lipinski definition) is 1. The maximum atomic E-state index is 12.6. The summed E-state index contributed by atoms with van der Waals surface area (Å²) in [7, 11) is -0.606. The molecule has 0 aliphatic heterocycles. The van der Waals surface area contributed by atoms with Crippen LogP contribution in [-0.4, -0.2) is 44.6 Å². The highest BCUT2D eigenvalue weighted by molar-refractivity contribution is 7.99. The van der Waals surface area contributed by atoms with E-state index in [9.17, 15) is 13.2 Å². The molecule has 1 aromatic carbocycles. The monoisotopic (exact) mass is 405 g/mol. The van der Waals surface area contributed by atoms with Crippen LogP contribution in [0.15, 0.2) is 28.0 Å². The van der Waals surface area contributed by atoms with Crippen LogP contribution in [0.4, 0.5) is 5.13 Å². The molecule has 0 aliphatic rings. The van der Waals surface area contributed by atoms with E-state index in [0.29, 0.717) is 20.5 Å². The van der Waals surface area contributed by atoms with Crippen molar-refractivity contribution in [1.82, 2.24) is 9.88 Å². The molecule has 1 amide bonds. The van der Waals surface area contributed by atoms with Gasteiger partial charge in [0, 0.05) is 24.0 Å². The first kappa shape index (κ1) is 19.0. The van der Waals surface area contributed by atoms with E-state index in [1.165, 1.54) is 22.7 Å². The van der Waals surface area contributed by atoms with E-state index in [-0.39, 0.29) is 15.9 Å². The maximum absolute atomic E-state index is 12.6. The zero-order chi connectivity index (χ0) is 18.1. The van der Waals surface area contributed by atoms with Crippen LogP contribution in [-0.2, 0) is 10.0 Å². The van der Waals surface area contributed by atoms with Crippen molar-refractivity contribution in [2.45, 2.75) is 16.7 Å². The SMILES string of the molecule is CSc1ccc(Cl)cc1S(=O)(=O)Nc1nc(C)c(C(=O)N(C)C)s1. The maximum Gasteiger partial charge on any atom is 0.265 e. The van der Waals surface area contributed by atoms with E-state index in [1.54, 1.807) is 39.4 Å². The van der Waals surface area contributed by atoms with Crippen molar-refractivity contribution in [2.24, 2.45) is 0 Å². The summed E-state index contributed by atoms with van der Waals surface area (Å²) in [6, 6.07) is 4.67. The van der Waals surface area contributed by atoms with Gasteiger partial charge in [-0.05, 0) is 31.4 Å². The molecular weight excluding hydrogens is 390 g/mol. The highest BCUT2D eigenvalue weighted by Gasteiger charge is 2.23. The van der Waals surface area contributed by atoms with Crippen LogP contribution in [0.5, 0.6) is 0 Å². The number of anilines is 1. The minimum absolute atomic E-state index is 0.0795. The van der Waals surface area contributed by atoms with Crippen LogP contribution in [0.2, 0.25) is 5.02 Å². The van der Waals surface area contributed by atoms with Gasteiger partial charge in [0.25, 0.3) is 15.9 Å². The van der Waals surface area contributed by atoms with Crippen molar-refractivity contribution < 1.29 is 13.2 Å². The summed E-state index contributed by atoms with van der Waals surface area (Å²) in [5.41, 5.74) is 0.479. The Kier molecular flexibility index (Phi) is 5.79. The number of thioether (sulfide) groups is 1. The number of benzene rings is 1. The molecule has 0 atom stereocenters. The number of hydrogen-bond acceptors (Lipinski definition) is 6. The smallest absolute Gasteiger partial charge is 0.265 e. The zero-order valence-electron chi connectivity index (χ0n) is 13.5. The van der Waals surface area contributed by atoms with E-state index in [0.717, 1.165) is 11.3 Å². The average Bonchev–Trinajstić information content (AvgIpc) is 2.85. The van der Waals surface area contributed by atoms with Crippen LogP contribution in [0, 0.1) is 6.92 Å². The van der Waals surface area contributed by atoms with Gasteiger partial charge in [0.2, 0.25) is 0 Å². The minimum atomic E-state index is -3.86. The summed E-state index contributed by atoms with van der Waals surface area (Å²) in [5, 5.41) is 0.469. The summed E-state index contributed by atoms with van der Waals surface area (Å²) in [6.45, 7) is 1.66. The molecule has 0 aliphatic carbocycles. The lowest BCUT2D eigenvalue weighted by Crippen LogP contribution is -2.21. The van der Waals surface area contributed by atoms with Crippen LogP contribution >= 0.6 is 34.7 Å². The first-order chi connectivity index (χ1) is 11.2. The fourth-order valence-corrected chi connectivity index (χ4v) is 5.49. The third-order valence-electron chi connectivity index (χ3n) is 3.03. The molecule has 10 heteroatoms. The molecule has 0 spiro atoms. The Balaban J connectivity index is 2.39. The third-order valence-corrected chi connectivity index (χ3v) is 6.76. The molecule has 6 nitrogen and oxygen atoms in total. The largest absolute Gasteiger partial charge is 0.344 e. The van der Waals surface area contributed by atoms with Crippen LogP contribution in [0.3, 0.4) is 0 Å². The number of aryl methyl sites for hydroxylation is 1. The van der Waals surface area contributed by atoms with Gasteiger partial charge >= 0.3 is 0 Å². The number of sulfonamides is 1. The number of amides is 1. The van der Waals surface area contributed by atoms with Gasteiger partial charge in [0.15, 0.2) is 5.13 Å². The molecule has 1 heterocycles. The molecule has 24 heavy (non-hydrogen) atoms. The summed E-state index contributed by atoms with van der Waals surface area (Å²) < 4.78 is 27.7. The second kappa shape index (κ2) is 7.30. The Morgan fingerprint density at radius 3 is 2.62 bits per heavy atom. The van der Waals surface area contributed by atoms with Crippen LogP contribution < -0.4 is 4.72 Å². The van der Waals surface area contributed by atoms with Gasteiger partial charge in [-0.2, -0.15) is 0 Å². The summed E-state index contributed by atoms with van der Waals surface area (Å²) in [6.07, 6.45) is 1.78. The van der Waals surface area contributed by atoms with E-state index >= 15 is 0 Å². The molecule has 1 N–H and O–H groups in total. The summed E-state index contributed by atoms with van der Waals surface area (Å²) in [5.74, 6) is -0.219. The molecule has 0 bridgehead atoms. The second-order valence-electron chi connectivity index (χ2n) is 5.03. The fourth-order valence-electron chi connectivity index (χ4n) is 1.87. The Labute approximate surface area is 154 Å². The predicted molar refractivity (Wildman–Crippen MR) is 98.9 cm³/mol. The Morgan fingerprint density at radius 1 is 1.38 bits per heavy atom. The molecule has 0 radical (unpaired) electrons. The lowest BCUT2D eigenvalue weighted by Gasteiger charge is -2.09. The number of halogens is 1. The fraction of sp³-hybridized carbons (Fsp3) is 0.286. The van der Waals surface area contributed by atoms with E-state index in [4.69, 9.17) is 11.6 Å². The molecular formula is C14H16ClN3O3S3. The Hall–Kier alpha value is -1.29. The van der Waals surface area contributed by atoms with E-state index in [2.05, 4.69) is 9.71 Å². The average molecular weight is 406 g/mol. The number of nitrogens with zero attached hydrogens (tertiary/aromatic N) is 2. The molecule has 2 rings (SSSR count). The first-order valence-corrected chi connectivity index (χ1v) is 10.6. The quantitative estimate of drug-likeness (QED) is 0.772. The van der Waals surface area contributed by atoms with Crippen molar-refractivity contribution in [3.63, 3.8) is 0 Å². The lowest BCUT2D eigenvalue weighted by atomic mass is 10.3. The molecule has 0 fully saturated rings. The molecule has 0 saturated heterocycles. The minimum Gasteiger partial charge on any atom is -0.344 e. The number of rotatable bonds is 5. The molecule has 0 saturated carbocycles. The van der Waals surface area contributed by atoms with Gasteiger partial charge in [-0.25, -0.2) is 13.4 Å². The second-order valence-corrected chi connectivity index (χ2v) is 8.97. The van der Waals surface area contributed by atoms with Crippen LogP contribution in [0.1, 0.15) is 15.4 Å². The normalized spacial score (nSPS) is 11.4. The number of nitrogens with one attached hydrogen (secondary N) is 1. The van der Waals surface area contributed by atoms with Crippen molar-refractivity contribution in [2.75, 3.05) is 25.1 Å². The van der Waals surface area contributed by atoms with E-state index in [1.807, 2.05) is 0 Å². The first-order valence-electron chi connectivity index (χ1n) is 6.71. The predicted octanol–water partition coefficient (Wildman–Crippen LogP) is 3.33. The van der Waals surface area contributed by atoms with Crippen molar-refractivity contribution in [3.05, 3.63) is 33.8 Å². The molecule has 2 aromatic rings. The zero-order valence-corrected chi connectivity index (χ0v) is 16.7. The summed E-state index contributed by atoms with van der Waals surface area (Å²) in [4.78, 5) is 18.7. The van der Waals surface area contributed by atoms with Crippen molar-refractivity contribution in [1.29, 1.82) is 0 Å². The van der Waals surface area contributed by atoms with Crippen molar-refractivity contribution >= 4 is 55.8 Å². The number of carbonyl (C=O) groups is 1. The van der Waals surface area contributed by atoms with Gasteiger partial charge in [-0.3, -0.25) is 9.52 Å². The number of aromatic nitrogens is 1. The van der Waals surface area contributed by atoms with Gasteiger partial charge in [0.1, 0.15) is 9.77 Å². The number of carbonyl (C=O) groups excluding carboxylic acids is 1. The van der Waals surface area contributed by atoms with Gasteiger partial charge < -0.3 is 4.90 Å². The van der Waals surface area contributed by atoms with Gasteiger partial charge in [-0.15, -0.1) is 11.8 Å². The topological polar surface area (TPSA) is 79.4 Å². The third kappa shape index (κ3) is 4.02. The summed E-state index contributed by atoms with van der Waals surface area (Å²) >= 11 is 8.23. The Morgan fingerprint density at radius 2 is 2.04 bits per heavy atom. The highest BCUT2D eigenvalue weighted by Crippen LogP contribution is 2.31. The lowest BCUT2D eigenvalue weighted by molar-refractivity contribution is 0.0831. The molecule has 0 unspecified atom stereocenters. The molecule has 130 valence electrons.